The highest BCUT2D eigenvalue weighted by Gasteiger charge is 2.48. The van der Waals surface area contributed by atoms with Gasteiger partial charge in [-0.15, -0.1) is 0 Å². The summed E-state index contributed by atoms with van der Waals surface area (Å²) in [6.07, 6.45) is 2.82. The van der Waals surface area contributed by atoms with Crippen molar-refractivity contribution in [3.8, 4) is 5.75 Å². The van der Waals surface area contributed by atoms with Crippen LogP contribution in [0.2, 0.25) is 10.0 Å². The number of carbonyl (C=O) groups excluding carboxylic acids is 2. The second-order valence-electron chi connectivity index (χ2n) is 13.0. The Hall–Kier alpha value is -4.37. The molecule has 4 aromatic rings. The van der Waals surface area contributed by atoms with Crippen LogP contribution in [0.1, 0.15) is 81.7 Å². The second-order valence-corrected chi connectivity index (χ2v) is 13.8. The summed E-state index contributed by atoms with van der Waals surface area (Å²) in [6.45, 7) is 0.217. The molecule has 5 unspecified atom stereocenters. The molecule has 0 spiro atoms. The first-order valence-electron chi connectivity index (χ1n) is 16.9. The number of carboxylic acid groups (broad SMARTS) is 1. The molecule has 0 aromatic heterocycles. The van der Waals surface area contributed by atoms with E-state index < -0.39 is 36.0 Å². The minimum absolute atomic E-state index is 0.217. The lowest BCUT2D eigenvalue weighted by molar-refractivity contribution is -0.138. The Morgan fingerprint density at radius 3 is 2.40 bits per heavy atom. The summed E-state index contributed by atoms with van der Waals surface area (Å²) in [5.41, 5.74) is 3.89. The smallest absolute Gasteiger partial charge is 0.311 e. The van der Waals surface area contributed by atoms with Gasteiger partial charge in [-0.2, -0.15) is 0 Å². The highest BCUT2D eigenvalue weighted by atomic mass is 35.5. The molecule has 0 saturated heterocycles. The summed E-state index contributed by atoms with van der Waals surface area (Å²) in [5, 5.41) is 25.2. The average Bonchev–Trinajstić information content (AvgIpc) is 3.11. The number of hydrogen-bond acceptors (Lipinski definition) is 5. The van der Waals surface area contributed by atoms with Crippen LogP contribution >= 0.6 is 23.2 Å². The number of methoxy groups -OCH3 is 1. The standard InChI is InChI=1S/C40H40Cl2N2O6/c1-50-35-18-15-25(31(40(48)49)21-24-9-3-2-4-10-24)22-26(35)19-20-43-38(46)36-28-11-5-6-12-29(28)39(47)44(33-13-7-8-14-34(33)45)37(36)30-17-16-27(41)23-32(30)42/h2-6,9-12,15-18,22-23,31,33-34,36-37,45H,7-8,13-14,19-21H2,1H3,(H,43,46)(H,48,49). The van der Waals surface area contributed by atoms with Crippen molar-refractivity contribution in [1.82, 2.24) is 10.2 Å². The van der Waals surface area contributed by atoms with Crippen molar-refractivity contribution in [2.24, 2.45) is 0 Å². The van der Waals surface area contributed by atoms with Crippen LogP contribution in [0.5, 0.6) is 5.75 Å². The Morgan fingerprint density at radius 1 is 0.940 bits per heavy atom. The summed E-state index contributed by atoms with van der Waals surface area (Å²) < 4.78 is 5.63. The third-order valence-electron chi connectivity index (χ3n) is 9.97. The third-order valence-corrected chi connectivity index (χ3v) is 10.5. The maximum atomic E-state index is 14.5. The number of ether oxygens (including phenoxy) is 1. The van der Waals surface area contributed by atoms with E-state index in [0.717, 1.165) is 24.0 Å². The summed E-state index contributed by atoms with van der Waals surface area (Å²) >= 11 is 13.1. The van der Waals surface area contributed by atoms with Crippen LogP contribution in [0, 0.1) is 0 Å². The maximum Gasteiger partial charge on any atom is 0.311 e. The molecule has 10 heteroatoms. The number of benzene rings is 4. The first-order valence-corrected chi connectivity index (χ1v) is 17.7. The fourth-order valence-corrected chi connectivity index (χ4v) is 8.05. The molecule has 0 radical (unpaired) electrons. The second kappa shape index (κ2) is 15.7. The average molecular weight is 716 g/mol. The van der Waals surface area contributed by atoms with Gasteiger partial charge in [-0.05, 0) is 77.8 Å². The number of nitrogens with one attached hydrogen (secondary N) is 1. The van der Waals surface area contributed by atoms with Gasteiger partial charge in [-0.3, -0.25) is 14.4 Å². The first kappa shape index (κ1) is 35.5. The number of aliphatic hydroxyl groups excluding tert-OH is 1. The zero-order valence-electron chi connectivity index (χ0n) is 27.7. The Bertz CT molecular complexity index is 1870. The molecule has 1 aliphatic carbocycles. The van der Waals surface area contributed by atoms with Gasteiger partial charge in [-0.1, -0.05) is 103 Å². The minimum atomic E-state index is -0.927. The Morgan fingerprint density at radius 2 is 1.68 bits per heavy atom. The largest absolute Gasteiger partial charge is 0.496 e. The lowest BCUT2D eigenvalue weighted by atomic mass is 9.76. The number of carbonyl (C=O) groups is 3. The van der Waals surface area contributed by atoms with E-state index in [1.54, 1.807) is 60.5 Å². The normalized spacial score (nSPS) is 20.9. The highest BCUT2D eigenvalue weighted by molar-refractivity contribution is 6.35. The summed E-state index contributed by atoms with van der Waals surface area (Å²) in [4.78, 5) is 42.8. The molecule has 5 atom stereocenters. The van der Waals surface area contributed by atoms with Crippen LogP contribution in [0.15, 0.2) is 91.0 Å². The monoisotopic (exact) mass is 714 g/mol. The van der Waals surface area contributed by atoms with Crippen LogP contribution < -0.4 is 10.1 Å². The zero-order valence-corrected chi connectivity index (χ0v) is 29.2. The molecule has 4 aromatic carbocycles. The van der Waals surface area contributed by atoms with E-state index >= 15 is 0 Å². The van der Waals surface area contributed by atoms with Crippen LogP contribution in [-0.4, -0.2) is 58.7 Å². The molecule has 6 rings (SSSR count). The van der Waals surface area contributed by atoms with Gasteiger partial charge in [0.1, 0.15) is 5.75 Å². The molecule has 2 aliphatic rings. The molecule has 1 aliphatic heterocycles. The summed E-state index contributed by atoms with van der Waals surface area (Å²) in [6, 6.07) is 25.7. The van der Waals surface area contributed by atoms with Crippen molar-refractivity contribution in [3.63, 3.8) is 0 Å². The number of rotatable bonds is 11. The Kier molecular flexibility index (Phi) is 11.1. The minimum Gasteiger partial charge on any atom is -0.496 e. The predicted octanol–water partition coefficient (Wildman–Crippen LogP) is 7.36. The van der Waals surface area contributed by atoms with Crippen LogP contribution in [0.3, 0.4) is 0 Å². The maximum absolute atomic E-state index is 14.5. The lowest BCUT2D eigenvalue weighted by Gasteiger charge is -2.48. The highest BCUT2D eigenvalue weighted by Crippen LogP contribution is 2.47. The van der Waals surface area contributed by atoms with Crippen LogP contribution in [-0.2, 0) is 22.4 Å². The number of aliphatic carboxylic acids is 1. The number of amides is 2. The third kappa shape index (κ3) is 7.38. The van der Waals surface area contributed by atoms with Crippen molar-refractivity contribution >= 4 is 41.0 Å². The van der Waals surface area contributed by atoms with E-state index in [0.29, 0.717) is 63.7 Å². The zero-order chi connectivity index (χ0) is 35.4. The van der Waals surface area contributed by atoms with Gasteiger partial charge >= 0.3 is 5.97 Å². The SMILES string of the molecule is COc1ccc(C(Cc2ccccc2)C(=O)O)cc1CCNC(=O)C1c2ccccc2C(=O)N(C2CCCCC2O)C1c1ccc(Cl)cc1Cl. The van der Waals surface area contributed by atoms with E-state index in [4.69, 9.17) is 27.9 Å². The molecule has 1 saturated carbocycles. The van der Waals surface area contributed by atoms with E-state index in [1.807, 2.05) is 42.5 Å². The molecule has 260 valence electrons. The fraction of sp³-hybridized carbons (Fsp3) is 0.325. The van der Waals surface area contributed by atoms with Gasteiger partial charge in [0.15, 0.2) is 0 Å². The summed E-state index contributed by atoms with van der Waals surface area (Å²) in [7, 11) is 1.56. The molecular weight excluding hydrogens is 675 g/mol. The fourth-order valence-electron chi connectivity index (χ4n) is 7.53. The van der Waals surface area contributed by atoms with Crippen molar-refractivity contribution in [2.75, 3.05) is 13.7 Å². The molecule has 8 nitrogen and oxygen atoms in total. The van der Waals surface area contributed by atoms with E-state index in [-0.39, 0.29) is 18.4 Å². The number of carboxylic acids is 1. The van der Waals surface area contributed by atoms with Crippen LogP contribution in [0.25, 0.3) is 0 Å². The molecule has 1 fully saturated rings. The lowest BCUT2D eigenvalue weighted by Crippen LogP contribution is -2.55. The molecule has 50 heavy (non-hydrogen) atoms. The topological polar surface area (TPSA) is 116 Å². The quantitative estimate of drug-likeness (QED) is 0.150. The number of fused-ring (bicyclic) bond motifs is 1. The predicted molar refractivity (Wildman–Crippen MR) is 193 cm³/mol. The van der Waals surface area contributed by atoms with Gasteiger partial charge in [0, 0.05) is 22.2 Å². The van der Waals surface area contributed by atoms with E-state index in [2.05, 4.69) is 5.32 Å². The van der Waals surface area contributed by atoms with E-state index in [1.165, 1.54) is 0 Å². The number of aliphatic hydroxyl groups is 1. The van der Waals surface area contributed by atoms with Gasteiger partial charge in [-0.25, -0.2) is 0 Å². The first-order chi connectivity index (χ1) is 24.2. The van der Waals surface area contributed by atoms with Gasteiger partial charge in [0.2, 0.25) is 5.91 Å². The van der Waals surface area contributed by atoms with Crippen molar-refractivity contribution in [3.05, 3.63) is 134 Å². The van der Waals surface area contributed by atoms with Crippen LogP contribution in [0.4, 0.5) is 0 Å². The molecule has 3 N–H and O–H groups in total. The molecule has 2 amide bonds. The van der Waals surface area contributed by atoms with Crippen molar-refractivity contribution in [1.29, 1.82) is 0 Å². The van der Waals surface area contributed by atoms with Crippen molar-refractivity contribution < 1.29 is 29.3 Å². The van der Waals surface area contributed by atoms with Crippen molar-refractivity contribution in [2.45, 2.75) is 68.5 Å². The molecule has 0 bridgehead atoms. The molecular formula is C40H40Cl2N2O6. The van der Waals surface area contributed by atoms with Gasteiger partial charge < -0.3 is 25.2 Å². The van der Waals surface area contributed by atoms with Gasteiger partial charge in [0.25, 0.3) is 5.91 Å². The van der Waals surface area contributed by atoms with E-state index in [9.17, 15) is 24.6 Å². The Labute approximate surface area is 302 Å². The van der Waals surface area contributed by atoms with Gasteiger partial charge in [0.05, 0.1) is 37.1 Å². The Balaban J connectivity index is 1.31. The molecule has 1 heterocycles. The summed E-state index contributed by atoms with van der Waals surface area (Å²) in [5.74, 6) is -2.51. The number of nitrogens with zero attached hydrogens (tertiary/aromatic N) is 1. The number of halogens is 2. The number of hydrogen-bond donors (Lipinski definition) is 3.